The van der Waals surface area contributed by atoms with Gasteiger partial charge in [0.15, 0.2) is 11.5 Å². The number of methoxy groups -OCH3 is 3. The molecule has 1 rings (SSSR count). The SMILES string of the molecule is [2H]C([2H])([2H])Oc1cc(C(=O)Cl)cc(OC([2H])([2H])[2H])c1OC([2H])([2H])[2H]. The highest BCUT2D eigenvalue weighted by Gasteiger charge is 2.15. The molecule has 0 radical (unpaired) electrons. The molecule has 82 valence electrons. The molecule has 0 amide bonds. The molecule has 0 aliphatic rings. The lowest BCUT2D eigenvalue weighted by molar-refractivity contribution is 0.108. The highest BCUT2D eigenvalue weighted by atomic mass is 35.5. The van der Waals surface area contributed by atoms with Crippen LogP contribution in [0.4, 0.5) is 0 Å². The molecule has 0 aromatic heterocycles. The summed E-state index contributed by atoms with van der Waals surface area (Å²) in [7, 11) is -9.16. The summed E-state index contributed by atoms with van der Waals surface area (Å²) in [4.78, 5) is 11.3. The number of hydrogen-bond donors (Lipinski definition) is 0. The first-order chi connectivity index (χ1) is 10.6. The Bertz CT molecular complexity index is 583. The maximum atomic E-state index is 11.3. The predicted octanol–water partition coefficient (Wildman–Crippen LogP) is 2.09. The topological polar surface area (TPSA) is 44.8 Å². The first-order valence-corrected chi connectivity index (χ1v) is 3.90. The van der Waals surface area contributed by atoms with Crippen LogP contribution in [0.25, 0.3) is 0 Å². The molecule has 5 heteroatoms. The van der Waals surface area contributed by atoms with E-state index in [1.807, 2.05) is 0 Å². The van der Waals surface area contributed by atoms with Gasteiger partial charge in [-0.1, -0.05) is 0 Å². The van der Waals surface area contributed by atoms with Gasteiger partial charge in [0, 0.05) is 5.56 Å². The predicted molar refractivity (Wildman–Crippen MR) is 56.3 cm³/mol. The molecule has 1 aromatic carbocycles. The van der Waals surface area contributed by atoms with Gasteiger partial charge in [-0.05, 0) is 23.7 Å². The van der Waals surface area contributed by atoms with E-state index in [0.29, 0.717) is 0 Å². The van der Waals surface area contributed by atoms with Gasteiger partial charge in [0.2, 0.25) is 5.75 Å². The van der Waals surface area contributed by atoms with E-state index in [0.717, 1.165) is 12.1 Å². The van der Waals surface area contributed by atoms with Crippen molar-refractivity contribution in [3.63, 3.8) is 0 Å². The fraction of sp³-hybridized carbons (Fsp3) is 0.300. The molecule has 0 saturated heterocycles. The second-order valence-corrected chi connectivity index (χ2v) is 2.72. The first-order valence-electron chi connectivity index (χ1n) is 8.02. The van der Waals surface area contributed by atoms with E-state index in [4.69, 9.17) is 23.9 Å². The van der Waals surface area contributed by atoms with E-state index >= 15 is 0 Å². The zero-order valence-electron chi connectivity index (χ0n) is 16.2. The van der Waals surface area contributed by atoms with Gasteiger partial charge < -0.3 is 14.2 Å². The normalized spacial score (nSPS) is 21.0. The smallest absolute Gasteiger partial charge is 0.252 e. The Morgan fingerprint density at radius 3 is 2.13 bits per heavy atom. The van der Waals surface area contributed by atoms with Crippen LogP contribution in [0.5, 0.6) is 17.2 Å². The molecule has 0 aliphatic carbocycles. The van der Waals surface area contributed by atoms with Crippen LogP contribution in [0.15, 0.2) is 12.1 Å². The molecule has 0 atom stereocenters. The number of rotatable bonds is 4. The quantitative estimate of drug-likeness (QED) is 0.755. The molecule has 0 aliphatic heterocycles. The van der Waals surface area contributed by atoms with Gasteiger partial charge in [-0.2, -0.15) is 0 Å². The van der Waals surface area contributed by atoms with Gasteiger partial charge in [0.05, 0.1) is 33.5 Å². The summed E-state index contributed by atoms with van der Waals surface area (Å²) in [6.07, 6.45) is 0. The molecule has 0 spiro atoms. The largest absolute Gasteiger partial charge is 0.493 e. The van der Waals surface area contributed by atoms with Crippen molar-refractivity contribution in [3.05, 3.63) is 17.7 Å². The van der Waals surface area contributed by atoms with Crippen LogP contribution in [-0.4, -0.2) is 26.4 Å². The average Bonchev–Trinajstić information content (AvgIpc) is 2.27. The van der Waals surface area contributed by atoms with Gasteiger partial charge >= 0.3 is 0 Å². The number of ether oxygens (including phenoxy) is 3. The number of hydrogen-bond acceptors (Lipinski definition) is 4. The van der Waals surface area contributed by atoms with Crippen molar-refractivity contribution < 1.29 is 31.3 Å². The standard InChI is InChI=1S/C10H11ClO4/c1-13-7-4-6(10(11)12)5-8(14-2)9(7)15-3/h4-5H,1-3H3/i1D3,2D3,3D3. The zero-order valence-corrected chi connectivity index (χ0v) is 7.92. The van der Waals surface area contributed by atoms with E-state index in [1.54, 1.807) is 0 Å². The Kier molecular flexibility index (Phi) is 1.37. The monoisotopic (exact) mass is 239 g/mol. The summed E-state index contributed by atoms with van der Waals surface area (Å²) in [6, 6.07) is 1.60. The minimum absolute atomic E-state index is 0.381. The fourth-order valence-electron chi connectivity index (χ4n) is 0.942. The Hall–Kier alpha value is -1.42. The summed E-state index contributed by atoms with van der Waals surface area (Å²) in [5, 5.41) is -1.08. The van der Waals surface area contributed by atoms with E-state index in [-0.39, 0.29) is 5.56 Å². The average molecular weight is 240 g/mol. The molecular formula is C10H11ClO4. The fourth-order valence-corrected chi connectivity index (χ4v) is 1.05. The molecule has 0 fully saturated rings. The second-order valence-electron chi connectivity index (χ2n) is 2.38. The van der Waals surface area contributed by atoms with Gasteiger partial charge in [0.1, 0.15) is 0 Å². The van der Waals surface area contributed by atoms with Crippen LogP contribution in [0.2, 0.25) is 0 Å². The van der Waals surface area contributed by atoms with E-state index in [1.165, 1.54) is 0 Å². The number of halogens is 1. The Balaban J connectivity index is 3.58. The highest BCUT2D eigenvalue weighted by Crippen LogP contribution is 2.38. The van der Waals surface area contributed by atoms with Crippen LogP contribution in [-0.2, 0) is 0 Å². The lowest BCUT2D eigenvalue weighted by Crippen LogP contribution is -1.98. The number of benzene rings is 1. The van der Waals surface area contributed by atoms with Crippen molar-refractivity contribution in [3.8, 4) is 17.2 Å². The maximum absolute atomic E-state index is 11.3. The minimum Gasteiger partial charge on any atom is -0.493 e. The maximum Gasteiger partial charge on any atom is 0.252 e. The number of carbonyl (C=O) groups is 1. The van der Waals surface area contributed by atoms with Crippen molar-refractivity contribution in [1.29, 1.82) is 0 Å². The van der Waals surface area contributed by atoms with Crippen LogP contribution in [0.1, 0.15) is 22.7 Å². The third-order valence-electron chi connectivity index (χ3n) is 1.57. The summed E-state index contributed by atoms with van der Waals surface area (Å²) in [5.74, 6) is -2.29. The molecule has 4 nitrogen and oxygen atoms in total. The Morgan fingerprint density at radius 2 is 1.73 bits per heavy atom. The van der Waals surface area contributed by atoms with Gasteiger partial charge in [-0.25, -0.2) is 0 Å². The third-order valence-corrected chi connectivity index (χ3v) is 1.79. The van der Waals surface area contributed by atoms with Crippen LogP contribution >= 0.6 is 11.6 Å². The third kappa shape index (κ3) is 2.33. The molecule has 1 aromatic rings. The Morgan fingerprint density at radius 1 is 1.20 bits per heavy atom. The molecule has 15 heavy (non-hydrogen) atoms. The molecule has 0 heterocycles. The molecule has 0 unspecified atom stereocenters. The molecule has 0 bridgehead atoms. The lowest BCUT2D eigenvalue weighted by atomic mass is 10.2. The molecule has 0 N–H and O–H groups in total. The van der Waals surface area contributed by atoms with Crippen LogP contribution in [0, 0.1) is 0 Å². The first kappa shape index (κ1) is 4.22. The van der Waals surface area contributed by atoms with Gasteiger partial charge in [0.25, 0.3) is 5.24 Å². The Labute approximate surface area is 105 Å². The van der Waals surface area contributed by atoms with Crippen molar-refractivity contribution in [2.24, 2.45) is 0 Å². The van der Waals surface area contributed by atoms with E-state index < -0.39 is 43.6 Å². The van der Waals surface area contributed by atoms with Gasteiger partial charge in [-0.3, -0.25) is 4.79 Å². The number of carbonyl (C=O) groups excluding carboxylic acids is 1. The van der Waals surface area contributed by atoms with E-state index in [9.17, 15) is 4.79 Å². The zero-order chi connectivity index (χ0) is 18.9. The van der Waals surface area contributed by atoms with E-state index in [2.05, 4.69) is 14.2 Å². The van der Waals surface area contributed by atoms with Crippen LogP contribution < -0.4 is 14.2 Å². The van der Waals surface area contributed by atoms with Crippen molar-refractivity contribution >= 4 is 16.8 Å². The lowest BCUT2D eigenvalue weighted by Gasteiger charge is -2.12. The molecular weight excluding hydrogens is 220 g/mol. The summed E-state index contributed by atoms with van der Waals surface area (Å²) in [6.45, 7) is 0. The second kappa shape index (κ2) is 4.89. The van der Waals surface area contributed by atoms with Crippen LogP contribution in [0.3, 0.4) is 0 Å². The molecule has 0 saturated carbocycles. The van der Waals surface area contributed by atoms with Crippen molar-refractivity contribution in [2.75, 3.05) is 21.1 Å². The highest BCUT2D eigenvalue weighted by molar-refractivity contribution is 6.67. The van der Waals surface area contributed by atoms with Gasteiger partial charge in [-0.15, -0.1) is 0 Å². The summed E-state index contributed by atoms with van der Waals surface area (Å²) < 4.78 is 77.4. The summed E-state index contributed by atoms with van der Waals surface area (Å²) >= 11 is 5.29. The minimum atomic E-state index is -3.08. The van der Waals surface area contributed by atoms with Crippen molar-refractivity contribution in [2.45, 2.75) is 0 Å². The van der Waals surface area contributed by atoms with Crippen molar-refractivity contribution in [1.82, 2.24) is 0 Å². The summed E-state index contributed by atoms with van der Waals surface area (Å²) in [5.41, 5.74) is -0.381.